The van der Waals surface area contributed by atoms with Gasteiger partial charge in [-0.05, 0) is 32.2 Å². The van der Waals surface area contributed by atoms with Crippen LogP contribution in [0.1, 0.15) is 32.6 Å². The molecule has 0 spiro atoms. The summed E-state index contributed by atoms with van der Waals surface area (Å²) in [6.07, 6.45) is 7.03. The van der Waals surface area contributed by atoms with Crippen molar-refractivity contribution in [2.24, 2.45) is 0 Å². The highest BCUT2D eigenvalue weighted by atomic mass is 16.5. The van der Waals surface area contributed by atoms with Gasteiger partial charge in [-0.15, -0.1) is 6.58 Å². The van der Waals surface area contributed by atoms with Gasteiger partial charge in [0, 0.05) is 13.2 Å². The van der Waals surface area contributed by atoms with Crippen LogP contribution in [0, 0.1) is 0 Å². The van der Waals surface area contributed by atoms with Crippen molar-refractivity contribution in [1.82, 2.24) is 5.32 Å². The van der Waals surface area contributed by atoms with Crippen molar-refractivity contribution in [3.05, 3.63) is 12.7 Å². The molecular weight excluding hydrogens is 202 g/mol. The summed E-state index contributed by atoms with van der Waals surface area (Å²) in [5, 5.41) is 3.32. The van der Waals surface area contributed by atoms with Crippen LogP contribution in [0.5, 0.6) is 0 Å². The summed E-state index contributed by atoms with van der Waals surface area (Å²) in [6, 6.07) is 0. The van der Waals surface area contributed by atoms with Crippen LogP contribution in [-0.2, 0) is 9.47 Å². The molecule has 1 aliphatic heterocycles. The Kier molecular flexibility index (Phi) is 7.47. The lowest BCUT2D eigenvalue weighted by atomic mass is 10.2. The van der Waals surface area contributed by atoms with Crippen LogP contribution in [0.3, 0.4) is 0 Å². The van der Waals surface area contributed by atoms with Gasteiger partial charge in [0.05, 0.1) is 18.8 Å². The summed E-state index contributed by atoms with van der Waals surface area (Å²) in [7, 11) is 0. The lowest BCUT2D eigenvalue weighted by Crippen LogP contribution is -2.27. The lowest BCUT2D eigenvalue weighted by Gasteiger charge is -2.14. The number of hydrogen-bond donors (Lipinski definition) is 1. The molecule has 3 heteroatoms. The first-order valence-corrected chi connectivity index (χ1v) is 6.41. The van der Waals surface area contributed by atoms with Crippen molar-refractivity contribution in [3.8, 4) is 0 Å². The molecule has 0 saturated carbocycles. The zero-order valence-corrected chi connectivity index (χ0v) is 10.4. The second kappa shape index (κ2) is 8.74. The number of allylic oxidation sites excluding steroid dienone is 1. The molecule has 94 valence electrons. The first-order valence-electron chi connectivity index (χ1n) is 6.41. The van der Waals surface area contributed by atoms with Crippen molar-refractivity contribution in [2.75, 3.05) is 26.3 Å². The number of unbranched alkanes of at least 4 members (excludes halogenated alkanes) is 1. The summed E-state index contributed by atoms with van der Waals surface area (Å²) >= 11 is 0. The first kappa shape index (κ1) is 13.7. The molecule has 1 saturated heterocycles. The quantitative estimate of drug-likeness (QED) is 0.483. The fourth-order valence-corrected chi connectivity index (χ4v) is 1.90. The molecule has 1 N–H and O–H groups in total. The largest absolute Gasteiger partial charge is 0.379 e. The highest BCUT2D eigenvalue weighted by Gasteiger charge is 2.24. The predicted molar refractivity (Wildman–Crippen MR) is 66.7 cm³/mol. The summed E-state index contributed by atoms with van der Waals surface area (Å²) in [5.74, 6) is 0. The third-order valence-corrected chi connectivity index (χ3v) is 2.82. The highest BCUT2D eigenvalue weighted by Crippen LogP contribution is 2.19. The molecule has 0 amide bonds. The summed E-state index contributed by atoms with van der Waals surface area (Å²) in [6.45, 7) is 9.37. The summed E-state index contributed by atoms with van der Waals surface area (Å²) < 4.78 is 11.4. The van der Waals surface area contributed by atoms with Crippen molar-refractivity contribution >= 4 is 0 Å². The highest BCUT2D eigenvalue weighted by molar-refractivity contribution is 4.75. The SMILES string of the molecule is C=CCCCOCC1CCC(CNCC)O1. The Balaban J connectivity index is 1.96. The number of ether oxygens (including phenoxy) is 2. The van der Waals surface area contributed by atoms with Gasteiger partial charge in [-0.1, -0.05) is 13.0 Å². The van der Waals surface area contributed by atoms with Crippen molar-refractivity contribution in [1.29, 1.82) is 0 Å². The van der Waals surface area contributed by atoms with E-state index in [1.54, 1.807) is 0 Å². The topological polar surface area (TPSA) is 30.5 Å². The second-order valence-electron chi connectivity index (χ2n) is 4.27. The van der Waals surface area contributed by atoms with Gasteiger partial charge in [0.1, 0.15) is 0 Å². The third kappa shape index (κ3) is 5.64. The molecule has 1 heterocycles. The molecule has 0 aromatic rings. The first-order chi connectivity index (χ1) is 7.86. The maximum Gasteiger partial charge on any atom is 0.0813 e. The van der Waals surface area contributed by atoms with E-state index in [4.69, 9.17) is 9.47 Å². The molecule has 1 rings (SSSR count). The molecule has 0 bridgehead atoms. The van der Waals surface area contributed by atoms with Crippen LogP contribution in [0.25, 0.3) is 0 Å². The third-order valence-electron chi connectivity index (χ3n) is 2.82. The van der Waals surface area contributed by atoms with E-state index in [1.165, 1.54) is 0 Å². The average Bonchev–Trinajstić information content (AvgIpc) is 2.74. The molecule has 16 heavy (non-hydrogen) atoms. The van der Waals surface area contributed by atoms with E-state index in [-0.39, 0.29) is 0 Å². The minimum atomic E-state index is 0.312. The predicted octanol–water partition coefficient (Wildman–Crippen LogP) is 2.13. The Hall–Kier alpha value is -0.380. The Morgan fingerprint density at radius 3 is 3.00 bits per heavy atom. The molecular formula is C13H25NO2. The van der Waals surface area contributed by atoms with E-state index >= 15 is 0 Å². The van der Waals surface area contributed by atoms with Gasteiger partial charge in [0.25, 0.3) is 0 Å². The van der Waals surface area contributed by atoms with Crippen molar-refractivity contribution < 1.29 is 9.47 Å². The number of rotatable bonds is 9. The standard InChI is InChI=1S/C13H25NO2/c1-3-5-6-9-15-11-13-8-7-12(16-13)10-14-4-2/h3,12-14H,1,4-11H2,2H3. The molecule has 0 radical (unpaired) electrons. The summed E-state index contributed by atoms with van der Waals surface area (Å²) in [4.78, 5) is 0. The van der Waals surface area contributed by atoms with Gasteiger partial charge in [-0.3, -0.25) is 0 Å². The van der Waals surface area contributed by atoms with Crippen LogP contribution < -0.4 is 5.32 Å². The zero-order chi connectivity index (χ0) is 11.6. The van der Waals surface area contributed by atoms with E-state index < -0.39 is 0 Å². The maximum atomic E-state index is 5.86. The second-order valence-corrected chi connectivity index (χ2v) is 4.27. The fourth-order valence-electron chi connectivity index (χ4n) is 1.90. The average molecular weight is 227 g/mol. The van der Waals surface area contributed by atoms with Crippen LogP contribution >= 0.6 is 0 Å². The van der Waals surface area contributed by atoms with Crippen LogP contribution in [0.15, 0.2) is 12.7 Å². The Bertz CT molecular complexity index is 185. The molecule has 3 nitrogen and oxygen atoms in total. The smallest absolute Gasteiger partial charge is 0.0813 e. The fraction of sp³-hybridized carbons (Fsp3) is 0.846. The van der Waals surface area contributed by atoms with E-state index in [0.29, 0.717) is 12.2 Å². The number of hydrogen-bond acceptors (Lipinski definition) is 3. The van der Waals surface area contributed by atoms with Gasteiger partial charge in [-0.2, -0.15) is 0 Å². The molecule has 0 aliphatic carbocycles. The minimum absolute atomic E-state index is 0.312. The van der Waals surface area contributed by atoms with Crippen molar-refractivity contribution in [3.63, 3.8) is 0 Å². The van der Waals surface area contributed by atoms with E-state index in [9.17, 15) is 0 Å². The van der Waals surface area contributed by atoms with Crippen LogP contribution in [0.4, 0.5) is 0 Å². The van der Waals surface area contributed by atoms with Gasteiger partial charge < -0.3 is 14.8 Å². The molecule has 2 unspecified atom stereocenters. The maximum absolute atomic E-state index is 5.86. The normalized spacial score (nSPS) is 24.8. The van der Waals surface area contributed by atoms with Gasteiger partial charge in [0.2, 0.25) is 0 Å². The molecule has 1 aliphatic rings. The molecule has 0 aromatic heterocycles. The Labute approximate surface area is 99.2 Å². The van der Waals surface area contributed by atoms with Gasteiger partial charge in [0.15, 0.2) is 0 Å². The monoisotopic (exact) mass is 227 g/mol. The zero-order valence-electron chi connectivity index (χ0n) is 10.4. The minimum Gasteiger partial charge on any atom is -0.379 e. The van der Waals surface area contributed by atoms with E-state index in [0.717, 1.165) is 52.0 Å². The molecule has 1 fully saturated rings. The number of nitrogens with one attached hydrogen (secondary N) is 1. The Morgan fingerprint density at radius 1 is 1.44 bits per heavy atom. The molecule has 0 aromatic carbocycles. The van der Waals surface area contributed by atoms with E-state index in [2.05, 4.69) is 18.8 Å². The number of likely N-dealkylation sites (N-methyl/N-ethyl adjacent to an activating group) is 1. The van der Waals surface area contributed by atoms with Crippen LogP contribution in [0.2, 0.25) is 0 Å². The van der Waals surface area contributed by atoms with E-state index in [1.807, 2.05) is 6.08 Å². The van der Waals surface area contributed by atoms with Crippen molar-refractivity contribution in [2.45, 2.75) is 44.8 Å². The van der Waals surface area contributed by atoms with Crippen LogP contribution in [-0.4, -0.2) is 38.5 Å². The lowest BCUT2D eigenvalue weighted by molar-refractivity contribution is -0.0144. The molecule has 2 atom stereocenters. The van der Waals surface area contributed by atoms with Gasteiger partial charge in [-0.25, -0.2) is 0 Å². The summed E-state index contributed by atoms with van der Waals surface area (Å²) in [5.41, 5.74) is 0. The Morgan fingerprint density at radius 2 is 2.25 bits per heavy atom. The van der Waals surface area contributed by atoms with Gasteiger partial charge >= 0.3 is 0 Å².